The molecule has 1 heterocycles. The molecule has 0 atom stereocenters. The van der Waals surface area contributed by atoms with Crippen LogP contribution in [-0.4, -0.2) is 17.4 Å². The Morgan fingerprint density at radius 1 is 1.25 bits per heavy atom. The molecule has 0 unspecified atom stereocenters. The summed E-state index contributed by atoms with van der Waals surface area (Å²) in [4.78, 5) is 14.2. The van der Waals surface area contributed by atoms with E-state index < -0.39 is 0 Å². The maximum Gasteiger partial charge on any atom is 0.228 e. The zero-order chi connectivity index (χ0) is 11.6. The molecule has 0 N–H and O–H groups in total. The van der Waals surface area contributed by atoms with Crippen molar-refractivity contribution in [2.45, 2.75) is 33.2 Å². The first-order valence-electron chi connectivity index (χ1n) is 5.93. The van der Waals surface area contributed by atoms with E-state index in [1.54, 1.807) is 0 Å². The summed E-state index contributed by atoms with van der Waals surface area (Å²) >= 11 is 0. The molecule has 2 rings (SSSR count). The van der Waals surface area contributed by atoms with Crippen molar-refractivity contribution in [3.63, 3.8) is 0 Å². The normalized spacial score (nSPS) is 19.9. The van der Waals surface area contributed by atoms with Crippen LogP contribution in [0.3, 0.4) is 0 Å². The molecule has 1 aliphatic rings. The predicted molar refractivity (Wildman–Crippen MR) is 64.9 cm³/mol. The zero-order valence-corrected chi connectivity index (χ0v) is 10.1. The summed E-state index contributed by atoms with van der Waals surface area (Å²) in [6.45, 7) is 5.75. The fourth-order valence-corrected chi connectivity index (χ4v) is 2.30. The second-order valence-corrected chi connectivity index (χ2v) is 5.20. The largest absolute Gasteiger partial charge is 0.338 e. The lowest BCUT2D eigenvalue weighted by molar-refractivity contribution is -0.144. The molecule has 0 aromatic heterocycles. The van der Waals surface area contributed by atoms with Crippen molar-refractivity contribution in [1.82, 2.24) is 4.90 Å². The monoisotopic (exact) mass is 217 g/mol. The minimum Gasteiger partial charge on any atom is -0.338 e. The fourth-order valence-electron chi connectivity index (χ4n) is 2.30. The molecule has 0 spiro atoms. The molecule has 16 heavy (non-hydrogen) atoms. The minimum absolute atomic E-state index is 0.174. The standard InChI is InChI=1S/C14H19NO/c1-14(2)9-6-10-15(13(14)16)11-12-7-4-3-5-8-12/h3-5,7-8H,6,9-11H2,1-2H3. The van der Waals surface area contributed by atoms with Crippen molar-refractivity contribution in [3.05, 3.63) is 35.9 Å². The number of rotatable bonds is 2. The van der Waals surface area contributed by atoms with Gasteiger partial charge >= 0.3 is 0 Å². The van der Waals surface area contributed by atoms with Crippen LogP contribution in [-0.2, 0) is 11.3 Å². The van der Waals surface area contributed by atoms with Crippen LogP contribution in [0.1, 0.15) is 32.3 Å². The number of piperidine rings is 1. The van der Waals surface area contributed by atoms with Gasteiger partial charge in [0.1, 0.15) is 0 Å². The van der Waals surface area contributed by atoms with Crippen LogP contribution < -0.4 is 0 Å². The lowest BCUT2D eigenvalue weighted by Gasteiger charge is -2.37. The quantitative estimate of drug-likeness (QED) is 0.746. The van der Waals surface area contributed by atoms with Crippen molar-refractivity contribution in [2.24, 2.45) is 5.41 Å². The van der Waals surface area contributed by atoms with Gasteiger partial charge in [-0.15, -0.1) is 0 Å². The number of hydrogen-bond acceptors (Lipinski definition) is 1. The Kier molecular flexibility index (Phi) is 2.99. The summed E-state index contributed by atoms with van der Waals surface area (Å²) in [5, 5.41) is 0. The third-order valence-electron chi connectivity index (χ3n) is 3.31. The molecule has 0 aliphatic carbocycles. The molecule has 86 valence electrons. The molecule has 1 saturated heterocycles. The summed E-state index contributed by atoms with van der Waals surface area (Å²) in [6, 6.07) is 10.2. The van der Waals surface area contributed by atoms with Crippen LogP contribution >= 0.6 is 0 Å². The minimum atomic E-state index is -0.174. The number of amides is 1. The third-order valence-corrected chi connectivity index (χ3v) is 3.31. The zero-order valence-electron chi connectivity index (χ0n) is 10.1. The summed E-state index contributed by atoms with van der Waals surface area (Å²) < 4.78 is 0. The highest BCUT2D eigenvalue weighted by Gasteiger charge is 2.35. The molecule has 0 radical (unpaired) electrons. The Morgan fingerprint density at radius 3 is 2.62 bits per heavy atom. The van der Waals surface area contributed by atoms with Crippen molar-refractivity contribution < 1.29 is 4.79 Å². The Morgan fingerprint density at radius 2 is 1.94 bits per heavy atom. The summed E-state index contributed by atoms with van der Waals surface area (Å²) in [5.41, 5.74) is 1.04. The molecule has 1 aliphatic heterocycles. The Bertz CT molecular complexity index is 370. The molecule has 1 fully saturated rings. The maximum absolute atomic E-state index is 12.2. The van der Waals surface area contributed by atoms with Gasteiger partial charge in [0.2, 0.25) is 5.91 Å². The van der Waals surface area contributed by atoms with Crippen LogP contribution in [0.15, 0.2) is 30.3 Å². The average molecular weight is 217 g/mol. The average Bonchev–Trinajstić information content (AvgIpc) is 2.26. The number of likely N-dealkylation sites (tertiary alicyclic amines) is 1. The third kappa shape index (κ3) is 2.26. The molecule has 0 bridgehead atoms. The van der Waals surface area contributed by atoms with Gasteiger partial charge in [-0.2, -0.15) is 0 Å². The van der Waals surface area contributed by atoms with Gasteiger partial charge < -0.3 is 4.90 Å². The Balaban J connectivity index is 2.08. The van der Waals surface area contributed by atoms with Gasteiger partial charge in [-0.25, -0.2) is 0 Å². The van der Waals surface area contributed by atoms with E-state index >= 15 is 0 Å². The summed E-state index contributed by atoms with van der Waals surface area (Å²) in [5.74, 6) is 0.294. The molecule has 1 aromatic rings. The van der Waals surface area contributed by atoms with Crippen LogP contribution in [0, 0.1) is 5.41 Å². The van der Waals surface area contributed by atoms with Crippen molar-refractivity contribution in [3.8, 4) is 0 Å². The van der Waals surface area contributed by atoms with E-state index in [0.29, 0.717) is 5.91 Å². The number of nitrogens with zero attached hydrogens (tertiary/aromatic N) is 1. The Hall–Kier alpha value is -1.31. The van der Waals surface area contributed by atoms with Gasteiger partial charge in [0, 0.05) is 18.5 Å². The van der Waals surface area contributed by atoms with Crippen molar-refractivity contribution >= 4 is 5.91 Å². The molecule has 2 heteroatoms. The molecule has 0 saturated carbocycles. The number of benzene rings is 1. The Labute approximate surface area is 97.3 Å². The summed E-state index contributed by atoms with van der Waals surface area (Å²) in [7, 11) is 0. The van der Waals surface area contributed by atoms with Crippen LogP contribution in [0.2, 0.25) is 0 Å². The topological polar surface area (TPSA) is 20.3 Å². The molecule has 1 aromatic carbocycles. The smallest absolute Gasteiger partial charge is 0.228 e. The molecule has 2 nitrogen and oxygen atoms in total. The second kappa shape index (κ2) is 4.28. The van der Waals surface area contributed by atoms with Gasteiger partial charge in [0.15, 0.2) is 0 Å². The van der Waals surface area contributed by atoms with E-state index in [2.05, 4.69) is 12.1 Å². The van der Waals surface area contributed by atoms with Crippen LogP contribution in [0.5, 0.6) is 0 Å². The second-order valence-electron chi connectivity index (χ2n) is 5.20. The number of carbonyl (C=O) groups is 1. The predicted octanol–water partition coefficient (Wildman–Crippen LogP) is 2.84. The van der Waals surface area contributed by atoms with E-state index in [0.717, 1.165) is 25.9 Å². The van der Waals surface area contributed by atoms with E-state index in [9.17, 15) is 4.79 Å². The van der Waals surface area contributed by atoms with Gasteiger partial charge in [0.05, 0.1) is 0 Å². The van der Waals surface area contributed by atoms with E-state index in [1.165, 1.54) is 5.56 Å². The SMILES string of the molecule is CC1(C)CCCN(Cc2ccccc2)C1=O. The van der Waals surface area contributed by atoms with Gasteiger partial charge in [0.25, 0.3) is 0 Å². The number of hydrogen-bond donors (Lipinski definition) is 0. The first kappa shape index (κ1) is 11.2. The van der Waals surface area contributed by atoms with E-state index in [-0.39, 0.29) is 5.41 Å². The highest BCUT2D eigenvalue weighted by Crippen LogP contribution is 2.30. The van der Waals surface area contributed by atoms with Crippen LogP contribution in [0.25, 0.3) is 0 Å². The highest BCUT2D eigenvalue weighted by molar-refractivity contribution is 5.82. The fraction of sp³-hybridized carbons (Fsp3) is 0.500. The number of carbonyl (C=O) groups excluding carboxylic acids is 1. The first-order chi connectivity index (χ1) is 7.59. The molecule has 1 amide bonds. The van der Waals surface area contributed by atoms with Gasteiger partial charge in [-0.1, -0.05) is 44.2 Å². The van der Waals surface area contributed by atoms with E-state index in [1.807, 2.05) is 36.9 Å². The molecular weight excluding hydrogens is 198 g/mol. The maximum atomic E-state index is 12.2. The first-order valence-corrected chi connectivity index (χ1v) is 5.93. The van der Waals surface area contributed by atoms with E-state index in [4.69, 9.17) is 0 Å². The lowest BCUT2D eigenvalue weighted by Crippen LogP contribution is -2.45. The lowest BCUT2D eigenvalue weighted by atomic mass is 9.83. The van der Waals surface area contributed by atoms with Crippen LogP contribution in [0.4, 0.5) is 0 Å². The molecular formula is C14H19NO. The van der Waals surface area contributed by atoms with Crippen molar-refractivity contribution in [2.75, 3.05) is 6.54 Å². The van der Waals surface area contributed by atoms with Gasteiger partial charge in [-0.3, -0.25) is 4.79 Å². The summed E-state index contributed by atoms with van der Waals surface area (Å²) in [6.07, 6.45) is 2.13. The van der Waals surface area contributed by atoms with Crippen molar-refractivity contribution in [1.29, 1.82) is 0 Å². The van der Waals surface area contributed by atoms with Gasteiger partial charge in [-0.05, 0) is 18.4 Å². The highest BCUT2D eigenvalue weighted by atomic mass is 16.2.